The minimum absolute atomic E-state index is 0.235. The number of sulfonamides is 1. The predicted octanol–water partition coefficient (Wildman–Crippen LogP) is 3.80. The van der Waals surface area contributed by atoms with Crippen LogP contribution in [0.1, 0.15) is 17.5 Å². The van der Waals surface area contributed by atoms with E-state index in [1.165, 1.54) is 23.9 Å². The number of aromatic nitrogens is 1. The van der Waals surface area contributed by atoms with Gasteiger partial charge in [-0.3, -0.25) is 14.4 Å². The van der Waals surface area contributed by atoms with Gasteiger partial charge in [0.15, 0.2) is 0 Å². The Bertz CT molecular complexity index is 1190. The lowest BCUT2D eigenvalue weighted by Gasteiger charge is -2.29. The first-order chi connectivity index (χ1) is 16.2. The van der Waals surface area contributed by atoms with Crippen LogP contribution in [0.5, 0.6) is 0 Å². The molecule has 1 aromatic heterocycles. The second-order valence-electron chi connectivity index (χ2n) is 7.97. The van der Waals surface area contributed by atoms with Crippen molar-refractivity contribution in [1.82, 2.24) is 9.27 Å². The van der Waals surface area contributed by atoms with Gasteiger partial charge in [0.05, 0.1) is 11.9 Å². The molecule has 1 unspecified atom stereocenters. The number of likely N-dealkylation sites (tertiary alicyclic amines) is 1. The molecule has 4 rings (SSSR count). The van der Waals surface area contributed by atoms with E-state index in [9.17, 15) is 12.8 Å². The maximum atomic E-state index is 14.9. The van der Waals surface area contributed by atoms with E-state index in [0.29, 0.717) is 16.9 Å². The molecule has 0 aliphatic carbocycles. The highest BCUT2D eigenvalue weighted by Gasteiger charge is 2.28. The molecule has 1 fully saturated rings. The highest BCUT2D eigenvalue weighted by atomic mass is 32.2. The van der Waals surface area contributed by atoms with Gasteiger partial charge in [-0.15, -0.1) is 0 Å². The van der Waals surface area contributed by atoms with Gasteiger partial charge in [-0.1, -0.05) is 30.3 Å². The third-order valence-corrected chi connectivity index (χ3v) is 7.63. The van der Waals surface area contributed by atoms with Gasteiger partial charge in [-0.05, 0) is 48.1 Å². The lowest BCUT2D eigenvalue weighted by molar-refractivity contribution is -0.122. The molecule has 0 saturated carbocycles. The standard InChI is InChI=1S/C22H25FN4O2S2.CH2O2/c1-16-10-22(31(28,29)25-18-12-24-30-15-18)20(23)11-21(16)26(2)19-8-9-27(14-19)13-17-6-4-3-5-7-17;2-1-3/h3-7,10-12,15,19,25H,8-9,13-14H2,1-2H3;1H,(H,2,3). The van der Waals surface area contributed by atoms with Crippen molar-refractivity contribution in [3.8, 4) is 0 Å². The number of nitrogens with zero attached hydrogens (tertiary/aromatic N) is 3. The molecule has 1 aliphatic rings. The van der Waals surface area contributed by atoms with Crippen molar-refractivity contribution < 1.29 is 22.7 Å². The fourth-order valence-corrected chi connectivity index (χ4v) is 5.73. The highest BCUT2D eigenvalue weighted by molar-refractivity contribution is 7.92. The van der Waals surface area contributed by atoms with Crippen molar-refractivity contribution >= 4 is 39.4 Å². The van der Waals surface area contributed by atoms with Gasteiger partial charge in [0, 0.05) is 43.8 Å². The molecular formula is C23H27FN4O4S2. The van der Waals surface area contributed by atoms with Crippen LogP contribution in [0.25, 0.3) is 0 Å². The number of hydrogen-bond donors (Lipinski definition) is 2. The van der Waals surface area contributed by atoms with Gasteiger partial charge in [-0.25, -0.2) is 12.8 Å². The van der Waals surface area contributed by atoms with Crippen LogP contribution < -0.4 is 9.62 Å². The lowest BCUT2D eigenvalue weighted by atomic mass is 10.1. The van der Waals surface area contributed by atoms with Crippen molar-refractivity contribution in [2.45, 2.75) is 30.8 Å². The third-order valence-electron chi connectivity index (χ3n) is 5.65. The van der Waals surface area contributed by atoms with E-state index in [1.807, 2.05) is 32.2 Å². The molecule has 8 nitrogen and oxygen atoms in total. The Balaban J connectivity index is 0.00000103. The van der Waals surface area contributed by atoms with Crippen LogP contribution in [0.4, 0.5) is 15.8 Å². The fourth-order valence-electron chi connectivity index (χ4n) is 4.01. The topological polar surface area (TPSA) is 103 Å². The summed E-state index contributed by atoms with van der Waals surface area (Å²) >= 11 is 1.12. The molecule has 2 aromatic carbocycles. The summed E-state index contributed by atoms with van der Waals surface area (Å²) in [5.41, 5.74) is 3.03. The number of likely N-dealkylation sites (N-methyl/N-ethyl adjacent to an activating group) is 1. The van der Waals surface area contributed by atoms with E-state index in [0.717, 1.165) is 37.6 Å². The van der Waals surface area contributed by atoms with Crippen LogP contribution in [0.15, 0.2) is 58.9 Å². The number of benzene rings is 2. The Hall–Kier alpha value is -3.02. The number of rotatable bonds is 7. The normalized spacial score (nSPS) is 15.9. The van der Waals surface area contributed by atoms with E-state index in [-0.39, 0.29) is 17.4 Å². The van der Waals surface area contributed by atoms with Gasteiger partial charge in [-0.2, -0.15) is 4.37 Å². The smallest absolute Gasteiger partial charge is 0.290 e. The van der Waals surface area contributed by atoms with Gasteiger partial charge in [0.25, 0.3) is 16.5 Å². The zero-order valence-corrected chi connectivity index (χ0v) is 20.5. The molecule has 1 aliphatic heterocycles. The summed E-state index contributed by atoms with van der Waals surface area (Å²) in [5, 5.41) is 8.45. The number of hydrogen-bond acceptors (Lipinski definition) is 7. The fraction of sp³-hybridized carbons (Fsp3) is 0.304. The van der Waals surface area contributed by atoms with Crippen molar-refractivity contribution in [2.75, 3.05) is 29.8 Å². The Kier molecular flexibility index (Phi) is 8.59. The summed E-state index contributed by atoms with van der Waals surface area (Å²) in [6.45, 7) is 4.29. The number of carboxylic acid groups (broad SMARTS) is 1. The highest BCUT2D eigenvalue weighted by Crippen LogP contribution is 2.30. The molecule has 34 heavy (non-hydrogen) atoms. The Morgan fingerprint density at radius 1 is 1.32 bits per heavy atom. The van der Waals surface area contributed by atoms with E-state index in [4.69, 9.17) is 9.90 Å². The van der Waals surface area contributed by atoms with Crippen molar-refractivity contribution in [2.24, 2.45) is 0 Å². The zero-order chi connectivity index (χ0) is 24.7. The van der Waals surface area contributed by atoms with Crippen molar-refractivity contribution in [3.05, 3.63) is 71.0 Å². The SMILES string of the molecule is Cc1cc(S(=O)(=O)Nc2cnsc2)c(F)cc1N(C)C1CCN(Cc2ccccc2)C1.O=CO. The van der Waals surface area contributed by atoms with Gasteiger partial charge >= 0.3 is 0 Å². The maximum Gasteiger partial charge on any atom is 0.290 e. The summed E-state index contributed by atoms with van der Waals surface area (Å²) in [7, 11) is -2.08. The monoisotopic (exact) mass is 506 g/mol. The molecule has 0 amide bonds. The largest absolute Gasteiger partial charge is 0.483 e. The summed E-state index contributed by atoms with van der Waals surface area (Å²) in [6, 6.07) is 13.3. The first-order valence-electron chi connectivity index (χ1n) is 10.5. The minimum atomic E-state index is -4.03. The molecule has 3 aromatic rings. The van der Waals surface area contributed by atoms with Crippen LogP contribution in [-0.2, 0) is 21.4 Å². The van der Waals surface area contributed by atoms with Gasteiger partial charge in [0.1, 0.15) is 10.7 Å². The average Bonchev–Trinajstić information content (AvgIpc) is 3.48. The molecule has 0 radical (unpaired) electrons. The molecule has 0 spiro atoms. The number of aryl methyl sites for hydroxylation is 1. The third kappa shape index (κ3) is 6.31. The Morgan fingerprint density at radius 2 is 2.03 bits per heavy atom. The average molecular weight is 507 g/mol. The van der Waals surface area contributed by atoms with Crippen molar-refractivity contribution in [3.63, 3.8) is 0 Å². The molecule has 182 valence electrons. The Morgan fingerprint density at radius 3 is 2.68 bits per heavy atom. The number of carbonyl (C=O) groups is 1. The molecule has 0 bridgehead atoms. The maximum absolute atomic E-state index is 14.9. The first kappa shape index (κ1) is 25.6. The van der Waals surface area contributed by atoms with Gasteiger partial charge < -0.3 is 10.0 Å². The number of anilines is 2. The molecule has 11 heteroatoms. The van der Waals surface area contributed by atoms with E-state index in [1.54, 1.807) is 5.38 Å². The summed E-state index contributed by atoms with van der Waals surface area (Å²) < 4.78 is 46.4. The van der Waals surface area contributed by atoms with Crippen LogP contribution in [0.3, 0.4) is 0 Å². The minimum Gasteiger partial charge on any atom is -0.483 e. The lowest BCUT2D eigenvalue weighted by Crippen LogP contribution is -2.35. The van der Waals surface area contributed by atoms with Crippen LogP contribution in [-0.4, -0.2) is 55.4 Å². The summed E-state index contributed by atoms with van der Waals surface area (Å²) in [5.74, 6) is -0.762. The van der Waals surface area contributed by atoms with Crippen molar-refractivity contribution in [1.29, 1.82) is 0 Å². The molecule has 1 saturated heterocycles. The van der Waals surface area contributed by atoms with Gasteiger partial charge in [0.2, 0.25) is 0 Å². The van der Waals surface area contributed by atoms with E-state index >= 15 is 0 Å². The van der Waals surface area contributed by atoms with E-state index < -0.39 is 15.8 Å². The quantitative estimate of drug-likeness (QED) is 0.470. The number of nitrogens with one attached hydrogen (secondary N) is 1. The Labute approximate surface area is 202 Å². The summed E-state index contributed by atoms with van der Waals surface area (Å²) in [4.78, 5) is 12.5. The number of halogens is 1. The van der Waals surface area contributed by atoms with Crippen LogP contribution in [0.2, 0.25) is 0 Å². The first-order valence-corrected chi connectivity index (χ1v) is 12.9. The second kappa shape index (κ2) is 11.4. The van der Waals surface area contributed by atoms with E-state index in [2.05, 4.69) is 31.0 Å². The second-order valence-corrected chi connectivity index (χ2v) is 10.3. The molecule has 1 atom stereocenters. The molecule has 2 N–H and O–H groups in total. The zero-order valence-electron chi connectivity index (χ0n) is 18.9. The predicted molar refractivity (Wildman–Crippen MR) is 131 cm³/mol. The molecule has 2 heterocycles. The van der Waals surface area contributed by atoms with Crippen LogP contribution >= 0.6 is 11.5 Å². The van der Waals surface area contributed by atoms with Crippen LogP contribution in [0, 0.1) is 12.7 Å². The molecular weight excluding hydrogens is 479 g/mol. The summed E-state index contributed by atoms with van der Waals surface area (Å²) in [6.07, 6.45) is 2.37.